The van der Waals surface area contributed by atoms with Crippen molar-refractivity contribution in [2.24, 2.45) is 5.73 Å². The molecule has 0 aromatic heterocycles. The first-order chi connectivity index (χ1) is 11.4. The van der Waals surface area contributed by atoms with Crippen molar-refractivity contribution in [3.63, 3.8) is 0 Å². The Hall–Kier alpha value is -0.860. The highest BCUT2D eigenvalue weighted by atomic mass is 14.8. The topological polar surface area (TPSA) is 42.6 Å². The van der Waals surface area contributed by atoms with Crippen LogP contribution < -0.4 is 11.1 Å². The van der Waals surface area contributed by atoms with Gasteiger partial charge in [0.05, 0.1) is 6.54 Å². The molecule has 0 aliphatic rings. The Morgan fingerprint density at radius 2 is 1.09 bits per heavy atom. The summed E-state index contributed by atoms with van der Waals surface area (Å²) in [6, 6.07) is 10.8. The van der Waals surface area contributed by atoms with Crippen molar-refractivity contribution < 1.29 is 5.32 Å². The molecule has 0 atom stereocenters. The third-order valence-corrected chi connectivity index (χ3v) is 4.59. The van der Waals surface area contributed by atoms with E-state index in [0.717, 1.165) is 13.1 Å². The molecule has 0 unspecified atom stereocenters. The zero-order chi connectivity index (χ0) is 16.4. The quantitative estimate of drug-likeness (QED) is 0.436. The van der Waals surface area contributed by atoms with Gasteiger partial charge in [0.25, 0.3) is 0 Å². The van der Waals surface area contributed by atoms with Crippen LogP contribution in [-0.2, 0) is 6.54 Å². The van der Waals surface area contributed by atoms with Gasteiger partial charge in [-0.25, -0.2) is 0 Å². The summed E-state index contributed by atoms with van der Waals surface area (Å²) in [7, 11) is 0. The molecule has 0 aliphatic heterocycles. The lowest BCUT2D eigenvalue weighted by Crippen LogP contribution is -2.82. The van der Waals surface area contributed by atoms with Crippen LogP contribution in [0.4, 0.5) is 0 Å². The van der Waals surface area contributed by atoms with Crippen LogP contribution in [0.5, 0.6) is 0 Å². The predicted molar refractivity (Wildman–Crippen MR) is 101 cm³/mol. The maximum atomic E-state index is 5.50. The molecular weight excluding hydrogens is 280 g/mol. The molecule has 0 saturated heterocycles. The van der Waals surface area contributed by atoms with Crippen molar-refractivity contribution in [2.75, 3.05) is 13.1 Å². The van der Waals surface area contributed by atoms with Crippen LogP contribution >= 0.6 is 0 Å². The molecule has 132 valence electrons. The van der Waals surface area contributed by atoms with Crippen molar-refractivity contribution in [1.82, 2.24) is 0 Å². The second kappa shape index (κ2) is 16.0. The summed E-state index contributed by atoms with van der Waals surface area (Å²) in [6.45, 7) is 3.27. The minimum Gasteiger partial charge on any atom is -0.343 e. The van der Waals surface area contributed by atoms with Gasteiger partial charge in [0.2, 0.25) is 0 Å². The standard InChI is InChI=1S/C21H38N2/c22-18-14-9-7-5-3-1-2-4-6-8-10-15-19-23-20-21-16-12-11-13-17-21/h11-13,16-17,23H,1-10,14-15,18-20,22H2/p+1. The summed E-state index contributed by atoms with van der Waals surface area (Å²) in [6.07, 6.45) is 16.7. The molecule has 0 radical (unpaired) electrons. The SMILES string of the molecule is NCCCCCCCCCCCCCC[NH2+]Cc1ccccc1. The van der Waals surface area contributed by atoms with E-state index in [2.05, 4.69) is 35.6 Å². The molecule has 0 saturated carbocycles. The van der Waals surface area contributed by atoms with E-state index >= 15 is 0 Å². The Kier molecular flexibility index (Phi) is 14.1. The van der Waals surface area contributed by atoms with E-state index in [0.29, 0.717) is 0 Å². The molecule has 1 aromatic rings. The summed E-state index contributed by atoms with van der Waals surface area (Å²) < 4.78 is 0. The normalized spacial score (nSPS) is 11.0. The van der Waals surface area contributed by atoms with Crippen molar-refractivity contribution in [2.45, 2.75) is 83.6 Å². The monoisotopic (exact) mass is 319 g/mol. The average molecular weight is 320 g/mol. The molecule has 1 aromatic carbocycles. The fraction of sp³-hybridized carbons (Fsp3) is 0.714. The van der Waals surface area contributed by atoms with E-state index < -0.39 is 0 Å². The van der Waals surface area contributed by atoms with Crippen molar-refractivity contribution in [1.29, 1.82) is 0 Å². The molecule has 0 heterocycles. The molecule has 1 rings (SSSR count). The molecule has 0 aliphatic carbocycles. The van der Waals surface area contributed by atoms with E-state index in [1.54, 1.807) is 0 Å². The van der Waals surface area contributed by atoms with Gasteiger partial charge < -0.3 is 11.1 Å². The number of hydrogen-bond acceptors (Lipinski definition) is 1. The molecule has 4 N–H and O–H groups in total. The molecular formula is C21H39N2+. The number of unbranched alkanes of at least 4 members (excludes halogenated alkanes) is 11. The third kappa shape index (κ3) is 13.3. The predicted octanol–water partition coefficient (Wildman–Crippen LogP) is 4.39. The maximum absolute atomic E-state index is 5.50. The van der Waals surface area contributed by atoms with Crippen LogP contribution in [0.3, 0.4) is 0 Å². The summed E-state index contributed by atoms with van der Waals surface area (Å²) in [5, 5.41) is 2.44. The van der Waals surface area contributed by atoms with Gasteiger partial charge in [-0.3, -0.25) is 0 Å². The van der Waals surface area contributed by atoms with Gasteiger partial charge in [-0.05, 0) is 25.8 Å². The number of hydrogen-bond donors (Lipinski definition) is 2. The number of benzene rings is 1. The smallest absolute Gasteiger partial charge is 0.101 e. The first-order valence-electron chi connectivity index (χ1n) is 9.99. The second-order valence-electron chi connectivity index (χ2n) is 6.80. The molecule has 2 nitrogen and oxygen atoms in total. The second-order valence-corrected chi connectivity index (χ2v) is 6.80. The summed E-state index contributed by atoms with van der Waals surface area (Å²) >= 11 is 0. The van der Waals surface area contributed by atoms with Crippen LogP contribution in [0.15, 0.2) is 30.3 Å². The fourth-order valence-corrected chi connectivity index (χ4v) is 3.08. The Balaban J connectivity index is 1.72. The van der Waals surface area contributed by atoms with Crippen molar-refractivity contribution in [3.05, 3.63) is 35.9 Å². The van der Waals surface area contributed by atoms with Gasteiger partial charge in [0.1, 0.15) is 6.54 Å². The van der Waals surface area contributed by atoms with E-state index in [4.69, 9.17) is 5.73 Å². The van der Waals surface area contributed by atoms with Crippen LogP contribution in [-0.4, -0.2) is 13.1 Å². The summed E-state index contributed by atoms with van der Waals surface area (Å²) in [5.41, 5.74) is 6.94. The minimum atomic E-state index is 0.865. The lowest BCUT2D eigenvalue weighted by atomic mass is 10.1. The molecule has 0 amide bonds. The first kappa shape index (κ1) is 20.2. The largest absolute Gasteiger partial charge is 0.343 e. The fourth-order valence-electron chi connectivity index (χ4n) is 3.08. The van der Waals surface area contributed by atoms with E-state index in [1.165, 1.54) is 89.2 Å². The van der Waals surface area contributed by atoms with Crippen LogP contribution in [0.2, 0.25) is 0 Å². The van der Waals surface area contributed by atoms with Gasteiger partial charge in [-0.15, -0.1) is 0 Å². The molecule has 0 fully saturated rings. The lowest BCUT2D eigenvalue weighted by Gasteiger charge is -2.03. The van der Waals surface area contributed by atoms with Gasteiger partial charge >= 0.3 is 0 Å². The Morgan fingerprint density at radius 3 is 1.61 bits per heavy atom. The Labute approximate surface area is 144 Å². The average Bonchev–Trinajstić information content (AvgIpc) is 2.59. The Morgan fingerprint density at radius 1 is 0.609 bits per heavy atom. The summed E-state index contributed by atoms with van der Waals surface area (Å²) in [4.78, 5) is 0. The zero-order valence-corrected chi connectivity index (χ0v) is 15.1. The third-order valence-electron chi connectivity index (χ3n) is 4.59. The lowest BCUT2D eigenvalue weighted by molar-refractivity contribution is -0.671. The number of rotatable bonds is 16. The van der Waals surface area contributed by atoms with Gasteiger partial charge in [0.15, 0.2) is 0 Å². The van der Waals surface area contributed by atoms with Crippen LogP contribution in [0.25, 0.3) is 0 Å². The highest BCUT2D eigenvalue weighted by molar-refractivity contribution is 5.12. The molecule has 2 heteroatoms. The van der Waals surface area contributed by atoms with Gasteiger partial charge in [-0.1, -0.05) is 88.1 Å². The Bertz CT molecular complexity index is 337. The van der Waals surface area contributed by atoms with E-state index in [1.807, 2.05) is 0 Å². The van der Waals surface area contributed by atoms with Crippen molar-refractivity contribution in [3.8, 4) is 0 Å². The maximum Gasteiger partial charge on any atom is 0.101 e. The minimum absolute atomic E-state index is 0.865. The highest BCUT2D eigenvalue weighted by Gasteiger charge is 1.96. The van der Waals surface area contributed by atoms with Crippen LogP contribution in [0, 0.1) is 0 Å². The van der Waals surface area contributed by atoms with E-state index in [9.17, 15) is 0 Å². The molecule has 0 bridgehead atoms. The number of quaternary nitrogens is 1. The first-order valence-corrected chi connectivity index (χ1v) is 9.99. The van der Waals surface area contributed by atoms with Crippen molar-refractivity contribution >= 4 is 0 Å². The van der Waals surface area contributed by atoms with Gasteiger partial charge in [-0.2, -0.15) is 0 Å². The zero-order valence-electron chi connectivity index (χ0n) is 15.1. The highest BCUT2D eigenvalue weighted by Crippen LogP contribution is 2.11. The molecule has 0 spiro atoms. The van der Waals surface area contributed by atoms with Gasteiger partial charge in [0, 0.05) is 5.56 Å². The molecule has 23 heavy (non-hydrogen) atoms. The number of nitrogens with two attached hydrogens (primary N) is 2. The van der Waals surface area contributed by atoms with E-state index in [-0.39, 0.29) is 0 Å². The summed E-state index contributed by atoms with van der Waals surface area (Å²) in [5.74, 6) is 0. The van der Waals surface area contributed by atoms with Crippen LogP contribution in [0.1, 0.15) is 82.6 Å².